The molecule has 1 aromatic rings. The Bertz CT molecular complexity index is 354. The number of nitrogens with one attached hydrogen (secondary N) is 1. The van der Waals surface area contributed by atoms with E-state index in [-0.39, 0.29) is 0 Å². The van der Waals surface area contributed by atoms with Crippen molar-refractivity contribution in [3.8, 4) is 0 Å². The van der Waals surface area contributed by atoms with Crippen LogP contribution in [0.4, 0.5) is 0 Å². The van der Waals surface area contributed by atoms with Crippen molar-refractivity contribution in [2.45, 2.75) is 45.7 Å². The average Bonchev–Trinajstić information content (AvgIpc) is 2.30. The van der Waals surface area contributed by atoms with Crippen molar-refractivity contribution in [3.05, 3.63) is 35.4 Å². The van der Waals surface area contributed by atoms with Gasteiger partial charge in [-0.25, -0.2) is 0 Å². The van der Waals surface area contributed by atoms with Crippen LogP contribution in [0.5, 0.6) is 0 Å². The Kier molecular flexibility index (Phi) is 4.79. The molecule has 1 fully saturated rings. The van der Waals surface area contributed by atoms with Crippen molar-refractivity contribution in [2.24, 2.45) is 0 Å². The van der Waals surface area contributed by atoms with Crippen LogP contribution in [-0.2, 0) is 0 Å². The molecule has 1 aliphatic rings. The zero-order valence-electron chi connectivity index (χ0n) is 11.9. The number of aryl methyl sites for hydroxylation is 1. The van der Waals surface area contributed by atoms with Crippen molar-refractivity contribution in [3.63, 3.8) is 0 Å². The van der Waals surface area contributed by atoms with Crippen molar-refractivity contribution in [1.29, 1.82) is 0 Å². The first kappa shape index (κ1) is 13.6. The number of benzene rings is 1. The zero-order chi connectivity index (χ0) is 13.0. The molecule has 1 aromatic carbocycles. The second-order valence-corrected chi connectivity index (χ2v) is 5.38. The molecule has 0 bridgehead atoms. The summed E-state index contributed by atoms with van der Waals surface area (Å²) in [5, 5.41) is 3.40. The molecule has 0 saturated carbocycles. The molecule has 0 aromatic heterocycles. The third kappa shape index (κ3) is 2.93. The predicted octanol–water partition coefficient (Wildman–Crippen LogP) is 3.13. The first-order valence-electron chi connectivity index (χ1n) is 7.29. The molecule has 100 valence electrons. The molecule has 0 spiro atoms. The molecule has 2 nitrogen and oxygen atoms in total. The van der Waals surface area contributed by atoms with Gasteiger partial charge in [0.1, 0.15) is 0 Å². The van der Waals surface area contributed by atoms with Gasteiger partial charge in [0, 0.05) is 25.2 Å². The molecule has 0 radical (unpaired) electrons. The number of hydrogen-bond donors (Lipinski definition) is 1. The van der Waals surface area contributed by atoms with Gasteiger partial charge >= 0.3 is 0 Å². The molecule has 2 rings (SSSR count). The largest absolute Gasteiger partial charge is 0.314 e. The van der Waals surface area contributed by atoms with E-state index in [1.54, 1.807) is 0 Å². The molecular formula is C16H26N2. The highest BCUT2D eigenvalue weighted by atomic mass is 15.3. The second kappa shape index (κ2) is 6.35. The minimum Gasteiger partial charge on any atom is -0.314 e. The van der Waals surface area contributed by atoms with Crippen LogP contribution < -0.4 is 5.32 Å². The Hall–Kier alpha value is -0.860. The standard InChI is InChI=1S/C16H26N2/c1-4-10-18(15-11-17-12-15)16(5-2)14-8-6-13(3)7-9-14/h6-9,15-17H,4-5,10-12H2,1-3H3. The zero-order valence-corrected chi connectivity index (χ0v) is 11.9. The van der Waals surface area contributed by atoms with Crippen LogP contribution in [0.1, 0.15) is 43.9 Å². The molecule has 18 heavy (non-hydrogen) atoms. The third-order valence-corrected chi connectivity index (χ3v) is 3.96. The summed E-state index contributed by atoms with van der Waals surface area (Å²) < 4.78 is 0. The predicted molar refractivity (Wildman–Crippen MR) is 77.9 cm³/mol. The fraction of sp³-hybridized carbons (Fsp3) is 0.625. The minimum absolute atomic E-state index is 0.581. The van der Waals surface area contributed by atoms with Gasteiger partial charge in [0.15, 0.2) is 0 Å². The van der Waals surface area contributed by atoms with E-state index in [0.717, 1.165) is 19.1 Å². The van der Waals surface area contributed by atoms with Crippen molar-refractivity contribution in [1.82, 2.24) is 10.2 Å². The van der Waals surface area contributed by atoms with Crippen molar-refractivity contribution in [2.75, 3.05) is 19.6 Å². The lowest BCUT2D eigenvalue weighted by Crippen LogP contribution is -2.58. The van der Waals surface area contributed by atoms with E-state index in [9.17, 15) is 0 Å². The highest BCUT2D eigenvalue weighted by molar-refractivity contribution is 5.24. The van der Waals surface area contributed by atoms with Gasteiger partial charge in [0.2, 0.25) is 0 Å². The highest BCUT2D eigenvalue weighted by Gasteiger charge is 2.29. The fourth-order valence-electron chi connectivity index (χ4n) is 2.81. The first-order valence-corrected chi connectivity index (χ1v) is 7.29. The van der Waals surface area contributed by atoms with Gasteiger partial charge in [-0.2, -0.15) is 0 Å². The molecular weight excluding hydrogens is 220 g/mol. The molecule has 1 atom stereocenters. The maximum absolute atomic E-state index is 3.40. The molecule has 2 heteroatoms. The summed E-state index contributed by atoms with van der Waals surface area (Å²) in [5.41, 5.74) is 2.82. The SMILES string of the molecule is CCCN(C1CNC1)C(CC)c1ccc(C)cc1. The maximum atomic E-state index is 3.40. The summed E-state index contributed by atoms with van der Waals surface area (Å²) in [4.78, 5) is 2.70. The molecule has 1 saturated heterocycles. The number of rotatable bonds is 6. The monoisotopic (exact) mass is 246 g/mol. The smallest absolute Gasteiger partial charge is 0.0351 e. The molecule has 1 heterocycles. The van der Waals surface area contributed by atoms with Gasteiger partial charge in [-0.05, 0) is 31.9 Å². The van der Waals surface area contributed by atoms with Crippen molar-refractivity contribution >= 4 is 0 Å². The van der Waals surface area contributed by atoms with E-state index in [0.29, 0.717) is 6.04 Å². The molecule has 1 aliphatic heterocycles. The van der Waals surface area contributed by atoms with Gasteiger partial charge in [0.05, 0.1) is 0 Å². The summed E-state index contributed by atoms with van der Waals surface area (Å²) in [5.74, 6) is 0. The minimum atomic E-state index is 0.581. The quantitative estimate of drug-likeness (QED) is 0.829. The average molecular weight is 246 g/mol. The van der Waals surface area contributed by atoms with E-state index in [1.165, 1.54) is 30.5 Å². The molecule has 0 amide bonds. The Morgan fingerprint density at radius 3 is 2.33 bits per heavy atom. The van der Waals surface area contributed by atoms with E-state index < -0.39 is 0 Å². The highest BCUT2D eigenvalue weighted by Crippen LogP contribution is 2.27. The van der Waals surface area contributed by atoms with Crippen LogP contribution in [0, 0.1) is 6.92 Å². The lowest BCUT2D eigenvalue weighted by molar-refractivity contribution is 0.0916. The van der Waals surface area contributed by atoms with Gasteiger partial charge in [-0.15, -0.1) is 0 Å². The van der Waals surface area contributed by atoms with Gasteiger partial charge in [-0.1, -0.05) is 43.7 Å². The van der Waals surface area contributed by atoms with Gasteiger partial charge < -0.3 is 5.32 Å². The van der Waals surface area contributed by atoms with Crippen molar-refractivity contribution < 1.29 is 0 Å². The molecule has 1 N–H and O–H groups in total. The first-order chi connectivity index (χ1) is 8.76. The Labute approximate surface area is 111 Å². The normalized spacial score (nSPS) is 17.8. The third-order valence-electron chi connectivity index (χ3n) is 3.96. The van der Waals surface area contributed by atoms with Crippen LogP contribution in [0.25, 0.3) is 0 Å². The Morgan fingerprint density at radius 2 is 1.89 bits per heavy atom. The van der Waals surface area contributed by atoms with Crippen LogP contribution in [0.3, 0.4) is 0 Å². The summed E-state index contributed by atoms with van der Waals surface area (Å²) in [6.07, 6.45) is 2.43. The van der Waals surface area contributed by atoms with E-state index in [2.05, 4.69) is 55.3 Å². The van der Waals surface area contributed by atoms with Crippen LogP contribution in [0.2, 0.25) is 0 Å². The summed E-state index contributed by atoms with van der Waals surface area (Å²) in [6.45, 7) is 10.3. The van der Waals surface area contributed by atoms with Crippen LogP contribution >= 0.6 is 0 Å². The Morgan fingerprint density at radius 1 is 1.22 bits per heavy atom. The lowest BCUT2D eigenvalue weighted by Gasteiger charge is -2.43. The maximum Gasteiger partial charge on any atom is 0.0351 e. The summed E-state index contributed by atoms with van der Waals surface area (Å²) in [7, 11) is 0. The van der Waals surface area contributed by atoms with Crippen LogP contribution in [0.15, 0.2) is 24.3 Å². The van der Waals surface area contributed by atoms with E-state index >= 15 is 0 Å². The van der Waals surface area contributed by atoms with Crippen LogP contribution in [-0.4, -0.2) is 30.6 Å². The second-order valence-electron chi connectivity index (χ2n) is 5.38. The van der Waals surface area contributed by atoms with E-state index in [1.807, 2.05) is 0 Å². The topological polar surface area (TPSA) is 15.3 Å². The summed E-state index contributed by atoms with van der Waals surface area (Å²) >= 11 is 0. The number of hydrogen-bond acceptors (Lipinski definition) is 2. The molecule has 0 aliphatic carbocycles. The fourth-order valence-corrected chi connectivity index (χ4v) is 2.81. The molecule has 1 unspecified atom stereocenters. The lowest BCUT2D eigenvalue weighted by atomic mass is 9.97. The van der Waals surface area contributed by atoms with Gasteiger partial charge in [-0.3, -0.25) is 4.90 Å². The number of nitrogens with zero attached hydrogens (tertiary/aromatic N) is 1. The summed E-state index contributed by atoms with van der Waals surface area (Å²) in [6, 6.07) is 10.4. The Balaban J connectivity index is 2.15. The van der Waals surface area contributed by atoms with E-state index in [4.69, 9.17) is 0 Å². The van der Waals surface area contributed by atoms with Gasteiger partial charge in [0.25, 0.3) is 0 Å².